The molecule has 1 aromatic heterocycles. The number of para-hydroxylation sites is 2. The Morgan fingerprint density at radius 3 is 2.11 bits per heavy atom. The smallest absolute Gasteiger partial charge is 0.394 e. The minimum atomic E-state index is -4.67. The van der Waals surface area contributed by atoms with E-state index in [9.17, 15) is 0 Å². The summed E-state index contributed by atoms with van der Waals surface area (Å²) in [5, 5.41) is 3.64. The molecule has 1 aliphatic rings. The Bertz CT molecular complexity index is 936. The fourth-order valence-electron chi connectivity index (χ4n) is 2.89. The molecule has 0 radical (unpaired) electrons. The third-order valence-electron chi connectivity index (χ3n) is 3.96. The van der Waals surface area contributed by atoms with E-state index in [4.69, 9.17) is 22.3 Å². The van der Waals surface area contributed by atoms with Crippen LogP contribution in [0.25, 0.3) is 0 Å². The lowest BCUT2D eigenvalue weighted by Gasteiger charge is -2.29. The van der Waals surface area contributed by atoms with Crippen molar-refractivity contribution in [1.29, 1.82) is 0 Å². The zero-order valence-corrected chi connectivity index (χ0v) is 15.1. The molecule has 9 heteroatoms. The van der Waals surface area contributed by atoms with E-state index in [1.54, 1.807) is 6.20 Å². The molecule has 0 spiro atoms. The number of nitrogens with zero attached hydrogens (tertiary/aromatic N) is 2. The number of imidazole rings is 1. The second kappa shape index (κ2) is 8.31. The van der Waals surface area contributed by atoms with Crippen molar-refractivity contribution in [3.8, 4) is 11.5 Å². The molecule has 0 amide bonds. The van der Waals surface area contributed by atoms with Gasteiger partial charge in [-0.3, -0.25) is 9.11 Å². The largest absolute Gasteiger partial charge is 0.457 e. The van der Waals surface area contributed by atoms with Crippen LogP contribution in [-0.2, 0) is 16.9 Å². The fraction of sp³-hybridized carbons (Fsp3) is 0.167. The topological polar surface area (TPSA) is 114 Å². The van der Waals surface area contributed by atoms with Crippen LogP contribution in [0.3, 0.4) is 0 Å². The molecule has 2 aromatic carbocycles. The average Bonchev–Trinajstić information content (AvgIpc) is 3.13. The van der Waals surface area contributed by atoms with E-state index in [0.29, 0.717) is 0 Å². The molecule has 27 heavy (non-hydrogen) atoms. The van der Waals surface area contributed by atoms with Crippen LogP contribution >= 0.6 is 0 Å². The van der Waals surface area contributed by atoms with E-state index in [1.807, 2.05) is 36.8 Å². The number of rotatable bonds is 4. The molecule has 0 unspecified atom stereocenters. The van der Waals surface area contributed by atoms with Gasteiger partial charge in [0.05, 0.1) is 12.4 Å². The molecular formula is C18H19N3O5S. The summed E-state index contributed by atoms with van der Waals surface area (Å²) in [5.41, 5.74) is 2.37. The van der Waals surface area contributed by atoms with Crippen LogP contribution < -0.4 is 10.1 Å². The van der Waals surface area contributed by atoms with E-state index < -0.39 is 10.4 Å². The molecule has 0 saturated carbocycles. The van der Waals surface area contributed by atoms with Gasteiger partial charge in [-0.15, -0.1) is 0 Å². The molecular weight excluding hydrogens is 370 g/mol. The summed E-state index contributed by atoms with van der Waals surface area (Å²) >= 11 is 0. The van der Waals surface area contributed by atoms with E-state index in [0.717, 1.165) is 24.6 Å². The molecule has 0 atom stereocenters. The quantitative estimate of drug-likeness (QED) is 0.588. The third-order valence-corrected chi connectivity index (χ3v) is 3.96. The van der Waals surface area contributed by atoms with E-state index in [-0.39, 0.29) is 6.04 Å². The Hall–Kier alpha value is -2.72. The second-order valence-electron chi connectivity index (χ2n) is 5.81. The van der Waals surface area contributed by atoms with E-state index >= 15 is 0 Å². The molecule has 0 saturated heterocycles. The first-order valence-corrected chi connectivity index (χ1v) is 9.56. The van der Waals surface area contributed by atoms with Gasteiger partial charge in [0.1, 0.15) is 11.5 Å². The highest BCUT2D eigenvalue weighted by Crippen LogP contribution is 2.42. The Morgan fingerprint density at radius 2 is 1.59 bits per heavy atom. The van der Waals surface area contributed by atoms with Crippen molar-refractivity contribution in [1.82, 2.24) is 14.9 Å². The SMILES string of the molecule is O=S(=O)(O)O.c1ccc2c(c1)Oc1ccccc1C2NCCn1ccnc1. The maximum Gasteiger partial charge on any atom is 0.394 e. The highest BCUT2D eigenvalue weighted by atomic mass is 32.3. The van der Waals surface area contributed by atoms with Gasteiger partial charge in [0, 0.05) is 36.6 Å². The molecule has 1 aliphatic heterocycles. The van der Waals surface area contributed by atoms with Gasteiger partial charge in [-0.1, -0.05) is 36.4 Å². The highest BCUT2D eigenvalue weighted by molar-refractivity contribution is 7.79. The minimum Gasteiger partial charge on any atom is -0.457 e. The minimum absolute atomic E-state index is 0.157. The van der Waals surface area contributed by atoms with Crippen LogP contribution in [0.4, 0.5) is 0 Å². The number of hydrogen-bond donors (Lipinski definition) is 3. The van der Waals surface area contributed by atoms with Crippen LogP contribution in [0.2, 0.25) is 0 Å². The Labute approximate surface area is 157 Å². The first kappa shape index (κ1) is 19.1. The first-order chi connectivity index (χ1) is 12.9. The van der Waals surface area contributed by atoms with Crippen LogP contribution in [0.1, 0.15) is 17.2 Å². The summed E-state index contributed by atoms with van der Waals surface area (Å²) in [5.74, 6) is 1.86. The number of hydrogen-bond acceptors (Lipinski definition) is 5. The monoisotopic (exact) mass is 389 g/mol. The van der Waals surface area contributed by atoms with Crippen LogP contribution in [0, 0.1) is 0 Å². The van der Waals surface area contributed by atoms with Gasteiger partial charge in [0.2, 0.25) is 0 Å². The van der Waals surface area contributed by atoms with Crippen LogP contribution in [-0.4, -0.2) is 33.6 Å². The molecule has 4 rings (SSSR count). The molecule has 0 bridgehead atoms. The van der Waals surface area contributed by atoms with Crippen molar-refractivity contribution in [3.05, 3.63) is 78.4 Å². The number of fused-ring (bicyclic) bond motifs is 2. The standard InChI is InChI=1S/C18H17N3O.H2O4S/c1-3-7-16-14(5-1)18(15-6-2-4-8-17(15)22-16)20-10-12-21-11-9-19-13-21;1-5(2,3)4/h1-9,11,13,18,20H,10,12H2;(H2,1,2,3,4). The van der Waals surface area contributed by atoms with Crippen molar-refractivity contribution < 1.29 is 22.3 Å². The van der Waals surface area contributed by atoms with Crippen molar-refractivity contribution in [2.45, 2.75) is 12.6 Å². The normalized spacial score (nSPS) is 13.0. The number of benzene rings is 2. The van der Waals surface area contributed by atoms with Gasteiger partial charge in [-0.2, -0.15) is 8.42 Å². The number of nitrogens with one attached hydrogen (secondary N) is 1. The van der Waals surface area contributed by atoms with Crippen molar-refractivity contribution in [2.24, 2.45) is 0 Å². The molecule has 3 N–H and O–H groups in total. The number of ether oxygens (including phenoxy) is 1. The second-order valence-corrected chi connectivity index (χ2v) is 6.71. The summed E-state index contributed by atoms with van der Waals surface area (Å²) in [6, 6.07) is 16.6. The van der Waals surface area contributed by atoms with Gasteiger partial charge in [-0.25, -0.2) is 4.98 Å². The van der Waals surface area contributed by atoms with Gasteiger partial charge >= 0.3 is 10.4 Å². The van der Waals surface area contributed by atoms with Crippen molar-refractivity contribution in [3.63, 3.8) is 0 Å². The van der Waals surface area contributed by atoms with E-state index in [1.165, 1.54) is 11.1 Å². The summed E-state index contributed by atoms with van der Waals surface area (Å²) in [4.78, 5) is 4.07. The predicted molar refractivity (Wildman–Crippen MR) is 99.2 cm³/mol. The molecule has 0 aliphatic carbocycles. The third kappa shape index (κ3) is 5.38. The zero-order chi connectivity index (χ0) is 19.3. The molecule has 0 fully saturated rings. The molecule has 142 valence electrons. The lowest BCUT2D eigenvalue weighted by molar-refractivity contribution is 0.381. The summed E-state index contributed by atoms with van der Waals surface area (Å²) in [6.45, 7) is 1.76. The number of aromatic nitrogens is 2. The maximum absolute atomic E-state index is 8.74. The van der Waals surface area contributed by atoms with Gasteiger partial charge in [0.15, 0.2) is 0 Å². The van der Waals surface area contributed by atoms with Gasteiger partial charge in [-0.05, 0) is 12.1 Å². The molecule has 2 heterocycles. The zero-order valence-electron chi connectivity index (χ0n) is 14.3. The van der Waals surface area contributed by atoms with Gasteiger partial charge in [0.25, 0.3) is 0 Å². The van der Waals surface area contributed by atoms with E-state index in [2.05, 4.69) is 39.1 Å². The predicted octanol–water partition coefficient (Wildman–Crippen LogP) is 2.72. The summed E-state index contributed by atoms with van der Waals surface area (Å²) < 4.78 is 39.7. The van der Waals surface area contributed by atoms with Crippen molar-refractivity contribution >= 4 is 10.4 Å². The van der Waals surface area contributed by atoms with Crippen LogP contribution in [0.5, 0.6) is 11.5 Å². The molecule has 3 aromatic rings. The summed E-state index contributed by atoms with van der Waals surface area (Å²) in [7, 11) is -4.67. The van der Waals surface area contributed by atoms with Crippen molar-refractivity contribution in [2.75, 3.05) is 6.54 Å². The summed E-state index contributed by atoms with van der Waals surface area (Å²) in [6.07, 6.45) is 5.63. The average molecular weight is 389 g/mol. The Balaban J connectivity index is 0.000000376. The molecule has 8 nitrogen and oxygen atoms in total. The highest BCUT2D eigenvalue weighted by Gasteiger charge is 2.25. The Morgan fingerprint density at radius 1 is 1.04 bits per heavy atom. The van der Waals surface area contributed by atoms with Crippen LogP contribution in [0.15, 0.2) is 67.3 Å². The first-order valence-electron chi connectivity index (χ1n) is 8.16. The lowest BCUT2D eigenvalue weighted by atomic mass is 9.94. The van der Waals surface area contributed by atoms with Gasteiger partial charge < -0.3 is 14.6 Å². The lowest BCUT2D eigenvalue weighted by Crippen LogP contribution is -2.28. The fourth-order valence-corrected chi connectivity index (χ4v) is 2.89. The Kier molecular flexibility index (Phi) is 5.87. The maximum atomic E-state index is 8.74.